The van der Waals surface area contributed by atoms with Crippen molar-refractivity contribution in [2.75, 3.05) is 12.4 Å². The van der Waals surface area contributed by atoms with Crippen molar-refractivity contribution >= 4 is 29.1 Å². The van der Waals surface area contributed by atoms with E-state index >= 15 is 0 Å². The fourth-order valence-electron chi connectivity index (χ4n) is 1.33. The Labute approximate surface area is 109 Å². The van der Waals surface area contributed by atoms with Crippen LogP contribution in [0.15, 0.2) is 36.5 Å². The van der Waals surface area contributed by atoms with Gasteiger partial charge in [0.2, 0.25) is 5.82 Å². The van der Waals surface area contributed by atoms with Gasteiger partial charge in [0.15, 0.2) is 0 Å². The van der Waals surface area contributed by atoms with Gasteiger partial charge in [0.1, 0.15) is 5.82 Å². The molecule has 0 fully saturated rings. The number of benzene rings is 1. The molecule has 0 saturated heterocycles. The van der Waals surface area contributed by atoms with Crippen molar-refractivity contribution in [2.24, 2.45) is 0 Å². The highest BCUT2D eigenvalue weighted by Gasteiger charge is 2.09. The van der Waals surface area contributed by atoms with Crippen molar-refractivity contribution in [1.82, 2.24) is 9.97 Å². The molecule has 0 spiro atoms. The smallest absolute Gasteiger partial charge is 0.376 e. The number of methoxy groups -OCH3 is 1. The Balaban J connectivity index is 2.22. The van der Waals surface area contributed by atoms with Crippen molar-refractivity contribution in [2.45, 2.75) is 0 Å². The molecule has 0 aliphatic heterocycles. The molecule has 0 atom stereocenters. The SMILES string of the molecule is COC(=O)c1nccc(Nc2cccc(Cl)c2)n1. The number of carbonyl (C=O) groups excluding carboxylic acids is 1. The van der Waals surface area contributed by atoms with Gasteiger partial charge >= 0.3 is 5.97 Å². The van der Waals surface area contributed by atoms with Crippen LogP contribution in [0, 0.1) is 0 Å². The summed E-state index contributed by atoms with van der Waals surface area (Å²) in [4.78, 5) is 19.1. The lowest BCUT2D eigenvalue weighted by molar-refractivity contribution is 0.0587. The molecule has 0 aliphatic carbocycles. The summed E-state index contributed by atoms with van der Waals surface area (Å²) in [7, 11) is 1.28. The Bertz CT molecular complexity index is 575. The minimum Gasteiger partial charge on any atom is -0.463 e. The number of hydrogen-bond donors (Lipinski definition) is 1. The lowest BCUT2D eigenvalue weighted by Gasteiger charge is -2.06. The number of ether oxygens (including phenoxy) is 1. The highest BCUT2D eigenvalue weighted by molar-refractivity contribution is 6.30. The van der Waals surface area contributed by atoms with Crippen molar-refractivity contribution in [3.8, 4) is 0 Å². The Kier molecular flexibility index (Phi) is 3.74. The Morgan fingerprint density at radius 1 is 1.39 bits per heavy atom. The molecule has 6 heteroatoms. The minimum atomic E-state index is -0.579. The summed E-state index contributed by atoms with van der Waals surface area (Å²) in [6, 6.07) is 8.82. The molecule has 0 bridgehead atoms. The predicted molar refractivity (Wildman–Crippen MR) is 68.1 cm³/mol. The Hall–Kier alpha value is -2.14. The third-order valence-corrected chi connectivity index (χ3v) is 2.36. The zero-order chi connectivity index (χ0) is 13.0. The van der Waals surface area contributed by atoms with Gasteiger partial charge in [-0.3, -0.25) is 0 Å². The highest BCUT2D eigenvalue weighted by atomic mass is 35.5. The van der Waals surface area contributed by atoms with Crippen LogP contribution >= 0.6 is 11.6 Å². The first kappa shape index (κ1) is 12.3. The summed E-state index contributed by atoms with van der Waals surface area (Å²) in [5.74, 6) is -0.0815. The predicted octanol–water partition coefficient (Wildman–Crippen LogP) is 2.66. The summed E-state index contributed by atoms with van der Waals surface area (Å²) < 4.78 is 4.55. The fraction of sp³-hybridized carbons (Fsp3) is 0.0833. The number of rotatable bonds is 3. The first-order valence-corrected chi connectivity index (χ1v) is 5.51. The molecule has 18 heavy (non-hydrogen) atoms. The summed E-state index contributed by atoms with van der Waals surface area (Å²) in [5, 5.41) is 3.63. The van der Waals surface area contributed by atoms with E-state index in [1.165, 1.54) is 13.3 Å². The van der Waals surface area contributed by atoms with Gasteiger partial charge in [0, 0.05) is 16.9 Å². The second-order valence-corrected chi connectivity index (χ2v) is 3.83. The highest BCUT2D eigenvalue weighted by Crippen LogP contribution is 2.18. The van der Waals surface area contributed by atoms with E-state index in [0.717, 1.165) is 5.69 Å². The molecule has 0 saturated carbocycles. The lowest BCUT2D eigenvalue weighted by atomic mass is 10.3. The van der Waals surface area contributed by atoms with Crippen LogP contribution in [0.25, 0.3) is 0 Å². The topological polar surface area (TPSA) is 64.1 Å². The number of halogens is 1. The summed E-state index contributed by atoms with van der Waals surface area (Å²) >= 11 is 5.87. The van der Waals surface area contributed by atoms with E-state index in [2.05, 4.69) is 20.0 Å². The van der Waals surface area contributed by atoms with E-state index < -0.39 is 5.97 Å². The molecule has 1 heterocycles. The average Bonchev–Trinajstić information content (AvgIpc) is 2.38. The van der Waals surface area contributed by atoms with Crippen LogP contribution < -0.4 is 5.32 Å². The van der Waals surface area contributed by atoms with Crippen molar-refractivity contribution in [1.29, 1.82) is 0 Å². The number of anilines is 2. The van der Waals surface area contributed by atoms with Crippen LogP contribution in [0.2, 0.25) is 5.02 Å². The van der Waals surface area contributed by atoms with Crippen LogP contribution in [-0.4, -0.2) is 23.0 Å². The van der Waals surface area contributed by atoms with E-state index in [4.69, 9.17) is 11.6 Å². The number of hydrogen-bond acceptors (Lipinski definition) is 5. The van der Waals surface area contributed by atoms with E-state index in [1.54, 1.807) is 18.2 Å². The van der Waals surface area contributed by atoms with Crippen LogP contribution in [0.4, 0.5) is 11.5 Å². The van der Waals surface area contributed by atoms with Gasteiger partial charge in [-0.25, -0.2) is 14.8 Å². The first-order chi connectivity index (χ1) is 8.69. The van der Waals surface area contributed by atoms with E-state index in [9.17, 15) is 4.79 Å². The largest absolute Gasteiger partial charge is 0.463 e. The maximum atomic E-state index is 11.3. The van der Waals surface area contributed by atoms with Gasteiger partial charge in [-0.15, -0.1) is 0 Å². The first-order valence-electron chi connectivity index (χ1n) is 5.13. The summed E-state index contributed by atoms with van der Waals surface area (Å²) in [5.41, 5.74) is 0.775. The van der Waals surface area contributed by atoms with Crippen molar-refractivity contribution < 1.29 is 9.53 Å². The zero-order valence-corrected chi connectivity index (χ0v) is 10.3. The quantitative estimate of drug-likeness (QED) is 0.863. The molecule has 0 unspecified atom stereocenters. The molecule has 1 N–H and O–H groups in total. The fourth-order valence-corrected chi connectivity index (χ4v) is 1.52. The van der Waals surface area contributed by atoms with Crippen LogP contribution in [0.5, 0.6) is 0 Å². The number of carbonyl (C=O) groups is 1. The summed E-state index contributed by atoms with van der Waals surface area (Å²) in [6.45, 7) is 0. The molecule has 2 rings (SSSR count). The molecule has 92 valence electrons. The normalized spacial score (nSPS) is 9.89. The molecule has 0 amide bonds. The van der Waals surface area contributed by atoms with E-state index in [-0.39, 0.29) is 5.82 Å². The van der Waals surface area contributed by atoms with Gasteiger partial charge in [-0.1, -0.05) is 17.7 Å². The van der Waals surface area contributed by atoms with Crippen LogP contribution in [-0.2, 0) is 4.74 Å². The van der Waals surface area contributed by atoms with Crippen molar-refractivity contribution in [3.63, 3.8) is 0 Å². The summed E-state index contributed by atoms with van der Waals surface area (Å²) in [6.07, 6.45) is 1.48. The average molecular weight is 264 g/mol. The molecule has 0 radical (unpaired) electrons. The van der Waals surface area contributed by atoms with Gasteiger partial charge in [0.05, 0.1) is 7.11 Å². The third-order valence-electron chi connectivity index (χ3n) is 2.12. The van der Waals surface area contributed by atoms with E-state index in [1.807, 2.05) is 12.1 Å². The number of nitrogens with one attached hydrogen (secondary N) is 1. The van der Waals surface area contributed by atoms with Crippen molar-refractivity contribution in [3.05, 3.63) is 47.4 Å². The van der Waals surface area contributed by atoms with Gasteiger partial charge < -0.3 is 10.1 Å². The number of aromatic nitrogens is 2. The number of esters is 1. The molecular formula is C12H10ClN3O2. The zero-order valence-electron chi connectivity index (χ0n) is 9.55. The standard InChI is InChI=1S/C12H10ClN3O2/c1-18-12(17)11-14-6-5-10(16-11)15-9-4-2-3-8(13)7-9/h2-7H,1H3,(H,14,15,16). The van der Waals surface area contributed by atoms with Crippen LogP contribution in [0.1, 0.15) is 10.6 Å². The maximum absolute atomic E-state index is 11.3. The van der Waals surface area contributed by atoms with Crippen LogP contribution in [0.3, 0.4) is 0 Å². The molecule has 1 aromatic carbocycles. The monoisotopic (exact) mass is 263 g/mol. The third kappa shape index (κ3) is 2.95. The molecular weight excluding hydrogens is 254 g/mol. The van der Waals surface area contributed by atoms with Gasteiger partial charge in [-0.05, 0) is 24.3 Å². The number of nitrogens with zero attached hydrogens (tertiary/aromatic N) is 2. The Morgan fingerprint density at radius 3 is 2.94 bits per heavy atom. The molecule has 1 aromatic heterocycles. The Morgan fingerprint density at radius 2 is 2.22 bits per heavy atom. The molecule has 0 aliphatic rings. The van der Waals surface area contributed by atoms with Gasteiger partial charge in [-0.2, -0.15) is 0 Å². The minimum absolute atomic E-state index is 0.00419. The maximum Gasteiger partial charge on any atom is 0.376 e. The second-order valence-electron chi connectivity index (χ2n) is 3.39. The van der Waals surface area contributed by atoms with E-state index in [0.29, 0.717) is 10.8 Å². The second kappa shape index (κ2) is 5.46. The lowest BCUT2D eigenvalue weighted by Crippen LogP contribution is -2.08. The molecule has 5 nitrogen and oxygen atoms in total. The molecule has 2 aromatic rings. The van der Waals surface area contributed by atoms with Gasteiger partial charge in [0.25, 0.3) is 0 Å².